The number of ether oxygens (including phenoxy) is 1. The molecule has 0 radical (unpaired) electrons. The minimum atomic E-state index is -0.321. The molecule has 5 heteroatoms. The summed E-state index contributed by atoms with van der Waals surface area (Å²) in [5.74, 6) is 0.284. The summed E-state index contributed by atoms with van der Waals surface area (Å²) < 4.78 is 5.34. The van der Waals surface area contributed by atoms with E-state index in [1.54, 1.807) is 7.11 Å². The summed E-state index contributed by atoms with van der Waals surface area (Å²) >= 11 is 0. The topological polar surface area (TPSA) is 41.6 Å². The first kappa shape index (κ1) is 15.7. The lowest BCUT2D eigenvalue weighted by atomic mass is 9.89. The maximum absolute atomic E-state index is 12.5. The van der Waals surface area contributed by atoms with E-state index in [0.717, 1.165) is 45.3 Å². The first-order chi connectivity index (χ1) is 8.15. The van der Waals surface area contributed by atoms with E-state index in [2.05, 4.69) is 12.2 Å². The Hall–Kier alpha value is -0.320. The van der Waals surface area contributed by atoms with Gasteiger partial charge in [-0.1, -0.05) is 0 Å². The number of amides is 1. The first-order valence-corrected chi connectivity index (χ1v) is 6.73. The average molecular weight is 277 g/mol. The van der Waals surface area contributed by atoms with Gasteiger partial charge in [0.15, 0.2) is 0 Å². The molecule has 2 fully saturated rings. The number of nitrogens with zero attached hydrogens (tertiary/aromatic N) is 1. The van der Waals surface area contributed by atoms with Crippen LogP contribution in [0.4, 0.5) is 0 Å². The Morgan fingerprint density at radius 2 is 2.00 bits per heavy atom. The minimum absolute atomic E-state index is 0. The molecule has 1 atom stereocenters. The molecule has 2 rings (SSSR count). The number of methoxy groups -OCH3 is 1. The van der Waals surface area contributed by atoms with E-state index >= 15 is 0 Å². The third-order valence-corrected chi connectivity index (χ3v) is 4.15. The summed E-state index contributed by atoms with van der Waals surface area (Å²) in [7, 11) is 1.76. The SMILES string of the molecule is COC1CCN(C(=O)C2(C)CCCCN2)CC1.Cl. The molecule has 1 unspecified atom stereocenters. The van der Waals surface area contributed by atoms with E-state index in [1.165, 1.54) is 6.42 Å². The summed E-state index contributed by atoms with van der Waals surface area (Å²) in [4.78, 5) is 14.5. The Bertz CT molecular complexity index is 272. The lowest BCUT2D eigenvalue weighted by molar-refractivity contribution is -0.141. The predicted molar refractivity (Wildman–Crippen MR) is 74.1 cm³/mol. The van der Waals surface area contributed by atoms with Gasteiger partial charge in [0.05, 0.1) is 11.6 Å². The summed E-state index contributed by atoms with van der Waals surface area (Å²) in [5.41, 5.74) is -0.321. The van der Waals surface area contributed by atoms with E-state index in [9.17, 15) is 4.79 Å². The highest BCUT2D eigenvalue weighted by atomic mass is 35.5. The normalized spacial score (nSPS) is 29.8. The van der Waals surface area contributed by atoms with Crippen molar-refractivity contribution in [3.8, 4) is 0 Å². The summed E-state index contributed by atoms with van der Waals surface area (Å²) in [6.45, 7) is 4.71. The fraction of sp³-hybridized carbons (Fsp3) is 0.923. The highest BCUT2D eigenvalue weighted by Gasteiger charge is 2.38. The molecule has 2 aliphatic rings. The number of hydrogen-bond donors (Lipinski definition) is 1. The van der Waals surface area contributed by atoms with Crippen molar-refractivity contribution in [1.29, 1.82) is 0 Å². The van der Waals surface area contributed by atoms with Crippen molar-refractivity contribution in [2.45, 2.75) is 50.7 Å². The second-order valence-electron chi connectivity index (χ2n) is 5.44. The quantitative estimate of drug-likeness (QED) is 0.833. The molecule has 1 amide bonds. The number of nitrogens with one attached hydrogen (secondary N) is 1. The molecule has 18 heavy (non-hydrogen) atoms. The maximum Gasteiger partial charge on any atom is 0.242 e. The van der Waals surface area contributed by atoms with Crippen molar-refractivity contribution in [3.05, 3.63) is 0 Å². The third-order valence-electron chi connectivity index (χ3n) is 4.15. The van der Waals surface area contributed by atoms with Crippen molar-refractivity contribution in [2.75, 3.05) is 26.7 Å². The van der Waals surface area contributed by atoms with Gasteiger partial charge in [0.1, 0.15) is 0 Å². The van der Waals surface area contributed by atoms with Crippen LogP contribution in [0.3, 0.4) is 0 Å². The van der Waals surface area contributed by atoms with Gasteiger partial charge < -0.3 is 15.0 Å². The van der Waals surface area contributed by atoms with Crippen molar-refractivity contribution in [1.82, 2.24) is 10.2 Å². The molecule has 0 spiro atoms. The second-order valence-corrected chi connectivity index (χ2v) is 5.44. The molecule has 0 aliphatic carbocycles. The molecular formula is C13H25ClN2O2. The number of halogens is 1. The Morgan fingerprint density at radius 1 is 1.33 bits per heavy atom. The highest BCUT2D eigenvalue weighted by molar-refractivity contribution is 5.86. The summed E-state index contributed by atoms with van der Waals surface area (Å²) in [6, 6.07) is 0. The van der Waals surface area contributed by atoms with E-state index in [-0.39, 0.29) is 23.9 Å². The van der Waals surface area contributed by atoms with Crippen LogP contribution in [0.2, 0.25) is 0 Å². The standard InChI is InChI=1S/C13H24N2O2.ClH/c1-13(7-3-4-8-14-13)12(16)15-9-5-11(17-2)6-10-15;/h11,14H,3-10H2,1-2H3;1H. The van der Waals surface area contributed by atoms with Gasteiger partial charge in [-0.15, -0.1) is 12.4 Å². The van der Waals surface area contributed by atoms with Crippen molar-refractivity contribution >= 4 is 18.3 Å². The van der Waals surface area contributed by atoms with Crippen LogP contribution in [-0.4, -0.2) is 49.2 Å². The molecule has 2 saturated heterocycles. The maximum atomic E-state index is 12.5. The van der Waals surface area contributed by atoms with Crippen LogP contribution in [0, 0.1) is 0 Å². The molecule has 0 aromatic rings. The fourth-order valence-corrected chi connectivity index (χ4v) is 2.88. The van der Waals surface area contributed by atoms with Gasteiger partial charge >= 0.3 is 0 Å². The van der Waals surface area contributed by atoms with Crippen LogP contribution < -0.4 is 5.32 Å². The van der Waals surface area contributed by atoms with Crippen molar-refractivity contribution in [3.63, 3.8) is 0 Å². The van der Waals surface area contributed by atoms with Gasteiger partial charge in [0.2, 0.25) is 5.91 Å². The van der Waals surface area contributed by atoms with Gasteiger partial charge in [-0.3, -0.25) is 4.79 Å². The van der Waals surface area contributed by atoms with Crippen LogP contribution in [-0.2, 0) is 9.53 Å². The minimum Gasteiger partial charge on any atom is -0.381 e. The van der Waals surface area contributed by atoms with Crippen LogP contribution in [0.1, 0.15) is 39.0 Å². The smallest absolute Gasteiger partial charge is 0.242 e. The Kier molecular flexibility index (Phi) is 5.89. The highest BCUT2D eigenvalue weighted by Crippen LogP contribution is 2.23. The van der Waals surface area contributed by atoms with E-state index in [0.29, 0.717) is 6.10 Å². The molecular weight excluding hydrogens is 252 g/mol. The van der Waals surface area contributed by atoms with E-state index in [1.807, 2.05) is 4.90 Å². The van der Waals surface area contributed by atoms with E-state index < -0.39 is 0 Å². The number of carbonyl (C=O) groups excluding carboxylic acids is 1. The fourth-order valence-electron chi connectivity index (χ4n) is 2.88. The van der Waals surface area contributed by atoms with Crippen LogP contribution in [0.15, 0.2) is 0 Å². The zero-order valence-corrected chi connectivity index (χ0v) is 12.2. The lowest BCUT2D eigenvalue weighted by Gasteiger charge is -2.40. The Labute approximate surface area is 116 Å². The van der Waals surface area contributed by atoms with Gasteiger partial charge in [0.25, 0.3) is 0 Å². The monoisotopic (exact) mass is 276 g/mol. The zero-order valence-electron chi connectivity index (χ0n) is 11.4. The van der Waals surface area contributed by atoms with Crippen LogP contribution in [0.5, 0.6) is 0 Å². The lowest BCUT2D eigenvalue weighted by Crippen LogP contribution is -2.59. The van der Waals surface area contributed by atoms with Gasteiger partial charge in [-0.25, -0.2) is 0 Å². The van der Waals surface area contributed by atoms with Crippen LogP contribution in [0.25, 0.3) is 0 Å². The third kappa shape index (κ3) is 3.37. The first-order valence-electron chi connectivity index (χ1n) is 6.73. The van der Waals surface area contributed by atoms with Gasteiger partial charge in [0, 0.05) is 20.2 Å². The Morgan fingerprint density at radius 3 is 2.50 bits per heavy atom. The molecule has 0 aromatic carbocycles. The molecule has 4 nitrogen and oxygen atoms in total. The molecule has 0 aromatic heterocycles. The van der Waals surface area contributed by atoms with Gasteiger partial charge in [-0.05, 0) is 45.6 Å². The number of rotatable bonds is 2. The van der Waals surface area contributed by atoms with E-state index in [4.69, 9.17) is 4.74 Å². The number of likely N-dealkylation sites (tertiary alicyclic amines) is 1. The predicted octanol–water partition coefficient (Wildman–Crippen LogP) is 1.58. The molecule has 1 N–H and O–H groups in total. The second kappa shape index (κ2) is 6.73. The Balaban J connectivity index is 0.00000162. The number of piperidine rings is 2. The average Bonchev–Trinajstić information content (AvgIpc) is 2.39. The van der Waals surface area contributed by atoms with Crippen LogP contribution >= 0.6 is 12.4 Å². The largest absolute Gasteiger partial charge is 0.381 e. The number of carbonyl (C=O) groups is 1. The summed E-state index contributed by atoms with van der Waals surface area (Å²) in [5, 5.41) is 3.40. The molecule has 2 heterocycles. The molecule has 2 aliphatic heterocycles. The van der Waals surface area contributed by atoms with Gasteiger partial charge in [-0.2, -0.15) is 0 Å². The zero-order chi connectivity index (χ0) is 12.3. The summed E-state index contributed by atoms with van der Waals surface area (Å²) in [6.07, 6.45) is 5.59. The van der Waals surface area contributed by atoms with Crippen molar-refractivity contribution in [2.24, 2.45) is 0 Å². The number of hydrogen-bond acceptors (Lipinski definition) is 3. The molecule has 0 saturated carbocycles. The molecule has 0 bridgehead atoms. The molecule has 106 valence electrons. The van der Waals surface area contributed by atoms with Crippen molar-refractivity contribution < 1.29 is 9.53 Å².